The molecule has 16 heteroatoms. The third kappa shape index (κ3) is 4.57. The molecule has 6 atom stereocenters. The number of fused-ring (bicyclic) bond motifs is 3. The first-order valence-electron chi connectivity index (χ1n) is 14.8. The van der Waals surface area contributed by atoms with Gasteiger partial charge in [0, 0.05) is 45.3 Å². The van der Waals surface area contributed by atoms with Gasteiger partial charge in [-0.2, -0.15) is 0 Å². The standard InChI is InChI=1S/C30H36N6O10/c1-6-35-7-8-36(28(44)27(35)43)29(45)32-15-11-16(33(2)3)13-9-12-10-14-20(34(4)5)23(39)19(26(31)42)25(41)30(14,46)24(40)17(12)22(38)18(13)21(15)37/h11-12,14,17,19-20,37,46H,6-10H2,1-5H3,(H2,31,42)(H,32,45)/t12?,14?,17?,19?,20-,30-/m0/s1. The molecule has 1 aliphatic heterocycles. The van der Waals surface area contributed by atoms with Crippen molar-refractivity contribution in [1.82, 2.24) is 14.7 Å². The number of primary amides is 1. The SMILES string of the molecule is CCN1CCN(C(=O)Nc2cc(N(C)C)c3c(c2O)C(=O)C2C(=O)[C@]4(O)C(=O)C(C(N)=O)C(=O)[C@@H](N(C)C)C4CC2C3)C(=O)C1=O. The van der Waals surface area contributed by atoms with Crippen molar-refractivity contribution < 1.29 is 48.6 Å². The topological polar surface area (TPSA) is 228 Å². The minimum atomic E-state index is -2.88. The van der Waals surface area contributed by atoms with Crippen LogP contribution in [0.4, 0.5) is 16.2 Å². The van der Waals surface area contributed by atoms with E-state index in [-0.39, 0.29) is 43.7 Å². The first-order valence-corrected chi connectivity index (χ1v) is 14.8. The van der Waals surface area contributed by atoms with Crippen LogP contribution in [0.25, 0.3) is 0 Å². The van der Waals surface area contributed by atoms with Crippen molar-refractivity contribution in [3.63, 3.8) is 0 Å². The fourth-order valence-electron chi connectivity index (χ4n) is 7.50. The molecule has 1 heterocycles. The molecular weight excluding hydrogens is 604 g/mol. The summed E-state index contributed by atoms with van der Waals surface area (Å²) in [6, 6.07) is -0.858. The number of aliphatic hydroxyl groups is 1. The van der Waals surface area contributed by atoms with Gasteiger partial charge in [-0.25, -0.2) is 4.79 Å². The van der Waals surface area contributed by atoms with Gasteiger partial charge in [0.2, 0.25) is 5.91 Å². The fourth-order valence-corrected chi connectivity index (χ4v) is 7.50. The average molecular weight is 641 g/mol. The number of phenols is 1. The van der Waals surface area contributed by atoms with E-state index in [4.69, 9.17) is 5.73 Å². The van der Waals surface area contributed by atoms with Crippen LogP contribution < -0.4 is 16.0 Å². The van der Waals surface area contributed by atoms with Crippen LogP contribution in [0.1, 0.15) is 29.3 Å². The van der Waals surface area contributed by atoms with Crippen LogP contribution in [0.15, 0.2) is 6.07 Å². The van der Waals surface area contributed by atoms with Crippen LogP contribution >= 0.6 is 0 Å². The monoisotopic (exact) mass is 640 g/mol. The van der Waals surface area contributed by atoms with E-state index in [1.54, 1.807) is 25.9 Å². The Labute approximate surface area is 263 Å². The highest BCUT2D eigenvalue weighted by Crippen LogP contribution is 2.52. The van der Waals surface area contributed by atoms with E-state index >= 15 is 0 Å². The van der Waals surface area contributed by atoms with Gasteiger partial charge in [-0.05, 0) is 51.4 Å². The van der Waals surface area contributed by atoms with Crippen LogP contribution in [0.2, 0.25) is 0 Å². The second-order valence-electron chi connectivity index (χ2n) is 12.6. The number of piperazine rings is 1. The molecule has 5 N–H and O–H groups in total. The predicted molar refractivity (Wildman–Crippen MR) is 159 cm³/mol. The number of imide groups is 1. The van der Waals surface area contributed by atoms with Crippen LogP contribution in [-0.2, 0) is 35.2 Å². The molecule has 0 spiro atoms. The van der Waals surface area contributed by atoms with Crippen LogP contribution in [0, 0.1) is 23.7 Å². The van der Waals surface area contributed by atoms with E-state index < -0.39 is 87.9 Å². The number of carbonyl (C=O) groups excluding carboxylic acids is 8. The van der Waals surface area contributed by atoms with Crippen LogP contribution in [0.3, 0.4) is 0 Å². The maximum Gasteiger partial charge on any atom is 0.329 e. The second kappa shape index (κ2) is 11.3. The zero-order valence-corrected chi connectivity index (χ0v) is 26.0. The van der Waals surface area contributed by atoms with Gasteiger partial charge in [0.15, 0.2) is 34.7 Å². The summed E-state index contributed by atoms with van der Waals surface area (Å²) in [4.78, 5) is 110. The van der Waals surface area contributed by atoms with Gasteiger partial charge in [-0.1, -0.05) is 0 Å². The lowest BCUT2D eigenvalue weighted by molar-refractivity contribution is -0.181. The number of amides is 5. The summed E-state index contributed by atoms with van der Waals surface area (Å²) >= 11 is 0. The highest BCUT2D eigenvalue weighted by molar-refractivity contribution is 6.38. The van der Waals surface area contributed by atoms with Crippen molar-refractivity contribution in [2.45, 2.75) is 31.4 Å². The van der Waals surface area contributed by atoms with E-state index in [1.807, 2.05) is 0 Å². The summed E-state index contributed by atoms with van der Waals surface area (Å²) in [6.45, 7) is 1.96. The number of benzene rings is 1. The molecule has 4 aliphatic rings. The van der Waals surface area contributed by atoms with Crippen molar-refractivity contribution in [2.24, 2.45) is 29.4 Å². The van der Waals surface area contributed by atoms with Gasteiger partial charge in [0.1, 0.15) is 5.75 Å². The number of nitrogens with two attached hydrogens (primary N) is 1. The lowest BCUT2D eigenvalue weighted by Crippen LogP contribution is -2.74. The summed E-state index contributed by atoms with van der Waals surface area (Å²) in [5, 5.41) is 25.5. The molecule has 46 heavy (non-hydrogen) atoms. The molecule has 0 bridgehead atoms. The summed E-state index contributed by atoms with van der Waals surface area (Å²) in [7, 11) is 6.30. The van der Waals surface area contributed by atoms with Gasteiger partial charge in [0.05, 0.1) is 23.2 Å². The third-order valence-corrected chi connectivity index (χ3v) is 9.70. The maximum absolute atomic E-state index is 14.2. The Hall–Kier alpha value is -4.70. The molecule has 4 unspecified atom stereocenters. The van der Waals surface area contributed by atoms with Crippen LogP contribution in [0.5, 0.6) is 5.75 Å². The van der Waals surface area contributed by atoms with E-state index in [1.165, 1.54) is 30.0 Å². The number of nitrogens with one attached hydrogen (secondary N) is 1. The van der Waals surface area contributed by atoms with Gasteiger partial charge < -0.3 is 31.1 Å². The third-order valence-electron chi connectivity index (χ3n) is 9.70. The Morgan fingerprint density at radius 3 is 2.26 bits per heavy atom. The Bertz CT molecular complexity index is 1620. The molecule has 0 radical (unpaired) electrons. The number of Topliss-reactive ketones (excluding diaryl/α,β-unsaturated/α-hetero) is 4. The fraction of sp³-hybridized carbons (Fsp3) is 0.533. The quantitative estimate of drug-likeness (QED) is 0.158. The molecule has 5 amide bonds. The number of hydrogen-bond acceptors (Lipinski definition) is 12. The average Bonchev–Trinajstić information content (AvgIpc) is 2.97. The molecule has 1 aromatic carbocycles. The number of nitrogens with zero attached hydrogens (tertiary/aromatic N) is 4. The Balaban J connectivity index is 1.56. The molecule has 1 saturated heterocycles. The maximum atomic E-state index is 14.2. The van der Waals surface area contributed by atoms with Crippen molar-refractivity contribution >= 4 is 58.3 Å². The van der Waals surface area contributed by atoms with Gasteiger partial charge in [-0.3, -0.25) is 43.4 Å². The van der Waals surface area contributed by atoms with Gasteiger partial charge in [-0.15, -0.1) is 0 Å². The Kier molecular flexibility index (Phi) is 8.01. The Morgan fingerprint density at radius 2 is 1.70 bits per heavy atom. The molecule has 0 aromatic heterocycles. The van der Waals surface area contributed by atoms with Crippen LogP contribution in [-0.4, -0.2) is 131 Å². The van der Waals surface area contributed by atoms with Gasteiger partial charge >= 0.3 is 17.8 Å². The second-order valence-corrected chi connectivity index (χ2v) is 12.6. The normalized spacial score (nSPS) is 29.4. The number of aromatic hydroxyl groups is 1. The van der Waals surface area contributed by atoms with Crippen molar-refractivity contribution in [3.05, 3.63) is 17.2 Å². The summed E-state index contributed by atoms with van der Waals surface area (Å²) < 4.78 is 0. The minimum absolute atomic E-state index is 0.0209. The largest absolute Gasteiger partial charge is 0.505 e. The number of hydrogen-bond donors (Lipinski definition) is 4. The molecule has 246 valence electrons. The van der Waals surface area contributed by atoms with Crippen molar-refractivity contribution in [1.29, 1.82) is 0 Å². The van der Waals surface area contributed by atoms with Gasteiger partial charge in [0.25, 0.3) is 0 Å². The molecule has 2 saturated carbocycles. The lowest BCUT2D eigenvalue weighted by Gasteiger charge is -2.52. The summed E-state index contributed by atoms with van der Waals surface area (Å²) in [5.41, 5.74) is 2.59. The zero-order valence-electron chi connectivity index (χ0n) is 26.0. The molecule has 3 aliphatic carbocycles. The zero-order chi connectivity index (χ0) is 34.2. The molecule has 3 fully saturated rings. The number of urea groups is 1. The van der Waals surface area contributed by atoms with E-state index in [0.29, 0.717) is 16.2 Å². The number of carbonyl (C=O) groups is 8. The highest BCUT2D eigenvalue weighted by atomic mass is 16.3. The van der Waals surface area contributed by atoms with Crippen molar-refractivity contribution in [2.75, 3.05) is 58.0 Å². The summed E-state index contributed by atoms with van der Waals surface area (Å²) in [6.07, 6.45) is -0.0943. The molecule has 5 rings (SSSR count). The molecule has 16 nitrogen and oxygen atoms in total. The number of likely N-dealkylation sites (N-methyl/N-ethyl adjacent to an activating group) is 2. The smallest absolute Gasteiger partial charge is 0.329 e. The minimum Gasteiger partial charge on any atom is -0.505 e. The number of phenolic OH excluding ortho intramolecular Hbond substituents is 1. The first-order chi connectivity index (χ1) is 21.5. The van der Waals surface area contributed by atoms with Crippen molar-refractivity contribution in [3.8, 4) is 5.75 Å². The summed E-state index contributed by atoms with van der Waals surface area (Å²) in [5.74, 6) is -14.1. The predicted octanol–water partition coefficient (Wildman–Crippen LogP) is -1.84. The number of ketones is 4. The Morgan fingerprint density at radius 1 is 1.04 bits per heavy atom. The first kappa shape index (κ1) is 32.7. The molecule has 1 aromatic rings. The highest BCUT2D eigenvalue weighted by Gasteiger charge is 2.69. The number of anilines is 2. The van der Waals surface area contributed by atoms with E-state index in [9.17, 15) is 48.6 Å². The molecular formula is C30H36N6O10. The van der Waals surface area contributed by atoms with E-state index in [2.05, 4.69) is 5.32 Å². The lowest BCUT2D eigenvalue weighted by atomic mass is 9.52. The number of rotatable bonds is 5. The van der Waals surface area contributed by atoms with E-state index in [0.717, 1.165) is 0 Å².